The second kappa shape index (κ2) is 8.47. The summed E-state index contributed by atoms with van der Waals surface area (Å²) in [5.41, 5.74) is 1.97. The van der Waals surface area contributed by atoms with Crippen molar-refractivity contribution in [1.29, 1.82) is 0 Å². The first kappa shape index (κ1) is 19.2. The number of methoxy groups -OCH3 is 1. The SMILES string of the molecule is COc1ccc(-c2cc([C@@H]3CCCCCN3C(=O)c3cccc(F)c3)no2)cc1. The molecule has 2 heterocycles. The predicted molar refractivity (Wildman–Crippen MR) is 107 cm³/mol. The molecule has 0 aliphatic carbocycles. The van der Waals surface area contributed by atoms with Crippen molar-refractivity contribution in [3.63, 3.8) is 0 Å². The van der Waals surface area contributed by atoms with Gasteiger partial charge in [-0.3, -0.25) is 4.79 Å². The number of hydrogen-bond acceptors (Lipinski definition) is 4. The molecular weight excluding hydrogens is 371 g/mol. The van der Waals surface area contributed by atoms with Gasteiger partial charge < -0.3 is 14.2 Å². The van der Waals surface area contributed by atoms with Gasteiger partial charge >= 0.3 is 0 Å². The van der Waals surface area contributed by atoms with E-state index in [-0.39, 0.29) is 11.9 Å². The van der Waals surface area contributed by atoms with Crippen LogP contribution >= 0.6 is 0 Å². The van der Waals surface area contributed by atoms with E-state index in [1.165, 1.54) is 12.1 Å². The molecule has 0 bridgehead atoms. The minimum absolute atomic E-state index is 0.176. The summed E-state index contributed by atoms with van der Waals surface area (Å²) in [6.45, 7) is 0.616. The number of carbonyl (C=O) groups excluding carboxylic acids is 1. The maximum atomic E-state index is 13.6. The average Bonchev–Trinajstić information content (AvgIpc) is 3.11. The third-order valence-electron chi connectivity index (χ3n) is 5.33. The van der Waals surface area contributed by atoms with Crippen molar-refractivity contribution in [1.82, 2.24) is 10.1 Å². The Bertz CT molecular complexity index is 984. The highest BCUT2D eigenvalue weighted by molar-refractivity contribution is 5.94. The minimum Gasteiger partial charge on any atom is -0.497 e. The number of rotatable bonds is 4. The van der Waals surface area contributed by atoms with Crippen molar-refractivity contribution >= 4 is 5.91 Å². The van der Waals surface area contributed by atoms with Crippen molar-refractivity contribution in [3.05, 3.63) is 71.7 Å². The van der Waals surface area contributed by atoms with Gasteiger partial charge in [-0.1, -0.05) is 24.1 Å². The summed E-state index contributed by atoms with van der Waals surface area (Å²) >= 11 is 0. The molecule has 1 aliphatic rings. The number of hydrogen-bond donors (Lipinski definition) is 0. The van der Waals surface area contributed by atoms with E-state index in [0.717, 1.165) is 42.7 Å². The van der Waals surface area contributed by atoms with Crippen LogP contribution in [0.15, 0.2) is 59.1 Å². The Kier molecular flexibility index (Phi) is 5.60. The maximum Gasteiger partial charge on any atom is 0.254 e. The first-order valence-corrected chi connectivity index (χ1v) is 9.83. The van der Waals surface area contributed by atoms with E-state index in [1.54, 1.807) is 24.1 Å². The molecule has 3 aromatic rings. The number of amides is 1. The number of ether oxygens (including phenoxy) is 1. The molecule has 5 nitrogen and oxygen atoms in total. The molecule has 0 unspecified atom stereocenters. The van der Waals surface area contributed by atoms with Crippen molar-refractivity contribution in [3.8, 4) is 17.1 Å². The van der Waals surface area contributed by atoms with Crippen molar-refractivity contribution < 1.29 is 18.4 Å². The topological polar surface area (TPSA) is 55.6 Å². The number of likely N-dealkylation sites (tertiary alicyclic amines) is 1. The smallest absolute Gasteiger partial charge is 0.254 e. The van der Waals surface area contributed by atoms with Crippen molar-refractivity contribution in [2.24, 2.45) is 0 Å². The van der Waals surface area contributed by atoms with Gasteiger partial charge in [0, 0.05) is 23.7 Å². The molecule has 1 saturated heterocycles. The largest absolute Gasteiger partial charge is 0.497 e. The van der Waals surface area contributed by atoms with Gasteiger partial charge in [0.25, 0.3) is 5.91 Å². The zero-order valence-corrected chi connectivity index (χ0v) is 16.3. The summed E-state index contributed by atoms with van der Waals surface area (Å²) in [4.78, 5) is 14.9. The van der Waals surface area contributed by atoms with Crippen LogP contribution in [0.5, 0.6) is 5.75 Å². The molecular formula is C23H23FN2O3. The predicted octanol–water partition coefficient (Wildman–Crippen LogP) is 5.25. The molecule has 1 amide bonds. The van der Waals surface area contributed by atoms with E-state index in [4.69, 9.17) is 9.26 Å². The van der Waals surface area contributed by atoms with E-state index in [0.29, 0.717) is 17.9 Å². The summed E-state index contributed by atoms with van der Waals surface area (Å²) in [5.74, 6) is 0.824. The van der Waals surface area contributed by atoms with Crippen LogP contribution in [-0.4, -0.2) is 29.6 Å². The minimum atomic E-state index is -0.412. The quantitative estimate of drug-likeness (QED) is 0.607. The summed E-state index contributed by atoms with van der Waals surface area (Å²) in [6, 6.07) is 15.1. The highest BCUT2D eigenvalue weighted by Gasteiger charge is 2.30. The van der Waals surface area contributed by atoms with E-state index in [2.05, 4.69) is 5.16 Å². The molecule has 1 atom stereocenters. The second-order valence-corrected chi connectivity index (χ2v) is 7.22. The van der Waals surface area contributed by atoms with Crippen LogP contribution in [0.25, 0.3) is 11.3 Å². The molecule has 0 N–H and O–H groups in total. The van der Waals surface area contributed by atoms with Gasteiger partial charge in [0.1, 0.15) is 17.3 Å². The summed E-state index contributed by atoms with van der Waals surface area (Å²) in [5, 5.41) is 4.27. The van der Waals surface area contributed by atoms with Crippen LogP contribution in [0, 0.1) is 5.82 Å². The Hall–Kier alpha value is -3.15. The number of carbonyl (C=O) groups is 1. The molecule has 4 rings (SSSR count). The average molecular weight is 394 g/mol. The third-order valence-corrected chi connectivity index (χ3v) is 5.33. The fourth-order valence-corrected chi connectivity index (χ4v) is 3.78. The molecule has 1 aliphatic heterocycles. The Morgan fingerprint density at radius 1 is 1.14 bits per heavy atom. The third kappa shape index (κ3) is 4.16. The molecule has 2 aromatic carbocycles. The Morgan fingerprint density at radius 3 is 2.72 bits per heavy atom. The van der Waals surface area contributed by atoms with Gasteiger partial charge in [-0.05, 0) is 55.3 Å². The zero-order valence-electron chi connectivity index (χ0n) is 16.3. The van der Waals surface area contributed by atoms with Crippen LogP contribution < -0.4 is 4.74 Å². The lowest BCUT2D eigenvalue weighted by molar-refractivity contribution is 0.0673. The summed E-state index contributed by atoms with van der Waals surface area (Å²) < 4.78 is 24.4. The fourth-order valence-electron chi connectivity index (χ4n) is 3.78. The van der Waals surface area contributed by atoms with Crippen LogP contribution in [-0.2, 0) is 0 Å². The Balaban J connectivity index is 1.62. The molecule has 0 spiro atoms. The van der Waals surface area contributed by atoms with Gasteiger partial charge in [0.15, 0.2) is 5.76 Å². The highest BCUT2D eigenvalue weighted by atomic mass is 19.1. The number of benzene rings is 2. The van der Waals surface area contributed by atoms with E-state index >= 15 is 0 Å². The summed E-state index contributed by atoms with van der Waals surface area (Å²) in [7, 11) is 1.62. The summed E-state index contributed by atoms with van der Waals surface area (Å²) in [6.07, 6.45) is 3.77. The van der Waals surface area contributed by atoms with Crippen molar-refractivity contribution in [2.45, 2.75) is 31.7 Å². The molecule has 150 valence electrons. The van der Waals surface area contributed by atoms with Crippen molar-refractivity contribution in [2.75, 3.05) is 13.7 Å². The molecule has 1 fully saturated rings. The lowest BCUT2D eigenvalue weighted by Crippen LogP contribution is -2.35. The van der Waals surface area contributed by atoms with Crippen LogP contribution in [0.3, 0.4) is 0 Å². The van der Waals surface area contributed by atoms with Gasteiger partial charge in [-0.15, -0.1) is 0 Å². The maximum absolute atomic E-state index is 13.6. The van der Waals surface area contributed by atoms with E-state index < -0.39 is 5.82 Å². The molecule has 6 heteroatoms. The second-order valence-electron chi connectivity index (χ2n) is 7.22. The molecule has 0 radical (unpaired) electrons. The zero-order chi connectivity index (χ0) is 20.2. The van der Waals surface area contributed by atoms with Gasteiger partial charge in [0.05, 0.1) is 13.2 Å². The number of halogens is 1. The Labute approximate surface area is 169 Å². The van der Waals surface area contributed by atoms with Crippen LogP contribution in [0.1, 0.15) is 47.8 Å². The normalized spacial score (nSPS) is 17.0. The van der Waals surface area contributed by atoms with E-state index in [1.807, 2.05) is 30.3 Å². The number of nitrogens with zero attached hydrogens (tertiary/aromatic N) is 2. The first-order chi connectivity index (χ1) is 14.2. The molecule has 1 aromatic heterocycles. The van der Waals surface area contributed by atoms with Crippen LogP contribution in [0.4, 0.5) is 4.39 Å². The highest BCUT2D eigenvalue weighted by Crippen LogP contribution is 2.33. The first-order valence-electron chi connectivity index (χ1n) is 9.83. The lowest BCUT2D eigenvalue weighted by Gasteiger charge is -2.28. The number of aromatic nitrogens is 1. The molecule has 29 heavy (non-hydrogen) atoms. The van der Waals surface area contributed by atoms with Gasteiger partial charge in [0.2, 0.25) is 0 Å². The van der Waals surface area contributed by atoms with Gasteiger partial charge in [-0.2, -0.15) is 0 Å². The molecule has 0 saturated carbocycles. The standard InChI is InChI=1S/C23H23FN2O3/c1-28-19-11-9-16(10-12-19)22-15-20(25-29-22)21-8-3-2-4-13-26(21)23(27)17-6-5-7-18(24)14-17/h5-7,9-12,14-15,21H,2-4,8,13H2,1H3/t21-/m0/s1. The van der Waals surface area contributed by atoms with Gasteiger partial charge in [-0.25, -0.2) is 4.39 Å². The lowest BCUT2D eigenvalue weighted by atomic mass is 10.0. The monoisotopic (exact) mass is 394 g/mol. The van der Waals surface area contributed by atoms with Crippen LogP contribution in [0.2, 0.25) is 0 Å². The fraction of sp³-hybridized carbons (Fsp3) is 0.304. The van der Waals surface area contributed by atoms with E-state index in [9.17, 15) is 9.18 Å². The Morgan fingerprint density at radius 2 is 1.97 bits per heavy atom.